The Morgan fingerprint density at radius 2 is 2.32 bits per heavy atom. The number of nitrogens with one attached hydrogen (secondary N) is 1. The Kier molecular flexibility index (Phi) is 4.52. The van der Waals surface area contributed by atoms with E-state index in [0.717, 1.165) is 22.3 Å². The van der Waals surface area contributed by atoms with E-state index < -0.39 is 0 Å². The van der Waals surface area contributed by atoms with Crippen molar-refractivity contribution in [2.24, 2.45) is 5.84 Å². The highest BCUT2D eigenvalue weighted by molar-refractivity contribution is 9.10. The maximum atomic E-state index is 5.72. The first kappa shape index (κ1) is 14.0. The molecule has 0 aliphatic carbocycles. The summed E-state index contributed by atoms with van der Waals surface area (Å²) < 4.78 is 8.12. The van der Waals surface area contributed by atoms with Crippen molar-refractivity contribution in [3.8, 4) is 5.75 Å². The quantitative estimate of drug-likeness (QED) is 0.645. The lowest BCUT2D eigenvalue weighted by atomic mass is 10.0. The molecule has 0 saturated heterocycles. The van der Waals surface area contributed by atoms with Gasteiger partial charge < -0.3 is 4.74 Å². The topological polar surface area (TPSA) is 78.0 Å². The molecule has 0 spiro atoms. The van der Waals surface area contributed by atoms with Crippen LogP contribution in [0.15, 0.2) is 29.1 Å². The van der Waals surface area contributed by atoms with E-state index in [9.17, 15) is 0 Å². The summed E-state index contributed by atoms with van der Waals surface area (Å²) >= 11 is 3.51. The molecule has 2 aromatic rings. The van der Waals surface area contributed by atoms with Crippen LogP contribution < -0.4 is 16.0 Å². The minimum Gasteiger partial charge on any atom is -0.495 e. The number of pyridine rings is 1. The number of ether oxygens (including phenoxy) is 1. The Hall–Kier alpha value is -1.44. The first-order valence-corrected chi connectivity index (χ1v) is 6.67. The standard InChI is InChI=1S/C12H16BrN5O/c1-3-18-12(9(13)6-16-18)11(17-14)8-4-5-15-7-10(8)19-2/h4-7,11,17H,3,14H2,1-2H3. The predicted octanol–water partition coefficient (Wildman–Crippen LogP) is 1.62. The molecule has 0 saturated carbocycles. The van der Waals surface area contributed by atoms with Crippen molar-refractivity contribution >= 4 is 15.9 Å². The molecule has 19 heavy (non-hydrogen) atoms. The van der Waals surface area contributed by atoms with Crippen molar-refractivity contribution in [2.45, 2.75) is 19.5 Å². The van der Waals surface area contributed by atoms with Gasteiger partial charge in [-0.1, -0.05) is 0 Å². The van der Waals surface area contributed by atoms with Crippen LogP contribution in [0.1, 0.15) is 24.2 Å². The van der Waals surface area contributed by atoms with Crippen LogP contribution in [-0.2, 0) is 6.54 Å². The van der Waals surface area contributed by atoms with Crippen molar-refractivity contribution in [3.05, 3.63) is 40.4 Å². The monoisotopic (exact) mass is 325 g/mol. The minimum atomic E-state index is -0.227. The first-order chi connectivity index (χ1) is 9.22. The van der Waals surface area contributed by atoms with E-state index in [1.54, 1.807) is 25.7 Å². The maximum absolute atomic E-state index is 5.72. The summed E-state index contributed by atoms with van der Waals surface area (Å²) in [4.78, 5) is 4.05. The van der Waals surface area contributed by atoms with E-state index in [4.69, 9.17) is 10.6 Å². The molecular weight excluding hydrogens is 310 g/mol. The summed E-state index contributed by atoms with van der Waals surface area (Å²) in [6.07, 6.45) is 5.14. The Morgan fingerprint density at radius 1 is 1.53 bits per heavy atom. The average Bonchev–Trinajstić information content (AvgIpc) is 2.82. The van der Waals surface area contributed by atoms with Gasteiger partial charge in [-0.25, -0.2) is 5.43 Å². The number of nitrogens with zero attached hydrogens (tertiary/aromatic N) is 3. The second-order valence-electron chi connectivity index (χ2n) is 3.91. The molecule has 7 heteroatoms. The molecule has 0 amide bonds. The molecule has 0 fully saturated rings. The number of hydrogen-bond acceptors (Lipinski definition) is 5. The van der Waals surface area contributed by atoms with E-state index >= 15 is 0 Å². The molecule has 2 aromatic heterocycles. The van der Waals surface area contributed by atoms with Crippen molar-refractivity contribution in [1.82, 2.24) is 20.2 Å². The lowest BCUT2D eigenvalue weighted by Crippen LogP contribution is -2.31. The first-order valence-electron chi connectivity index (χ1n) is 5.88. The van der Waals surface area contributed by atoms with Crippen LogP contribution in [0, 0.1) is 0 Å². The molecule has 2 rings (SSSR count). The molecule has 0 aliphatic rings. The fourth-order valence-corrected chi connectivity index (χ4v) is 2.55. The van der Waals surface area contributed by atoms with Crippen LogP contribution >= 0.6 is 15.9 Å². The number of methoxy groups -OCH3 is 1. The molecule has 3 N–H and O–H groups in total. The highest BCUT2D eigenvalue weighted by Crippen LogP contribution is 2.32. The van der Waals surface area contributed by atoms with Crippen LogP contribution in [-0.4, -0.2) is 21.9 Å². The SMILES string of the molecule is CCn1ncc(Br)c1C(NN)c1ccncc1OC. The molecular formula is C12H16BrN5O. The molecule has 1 atom stereocenters. The third kappa shape index (κ3) is 2.63. The number of aryl methyl sites for hydroxylation is 1. The Labute approximate surface area is 120 Å². The van der Waals surface area contributed by atoms with Gasteiger partial charge in [-0.3, -0.25) is 15.5 Å². The molecule has 0 aromatic carbocycles. The molecule has 102 valence electrons. The van der Waals surface area contributed by atoms with Gasteiger partial charge >= 0.3 is 0 Å². The summed E-state index contributed by atoms with van der Waals surface area (Å²) in [6, 6.07) is 1.65. The zero-order chi connectivity index (χ0) is 13.8. The van der Waals surface area contributed by atoms with Gasteiger partial charge in [0.25, 0.3) is 0 Å². The minimum absolute atomic E-state index is 0.227. The zero-order valence-corrected chi connectivity index (χ0v) is 12.4. The fourth-order valence-electron chi connectivity index (χ4n) is 2.03. The van der Waals surface area contributed by atoms with Crippen LogP contribution in [0.4, 0.5) is 0 Å². The second-order valence-corrected chi connectivity index (χ2v) is 4.77. The number of nitrogens with two attached hydrogens (primary N) is 1. The van der Waals surface area contributed by atoms with Crippen LogP contribution in [0.5, 0.6) is 5.75 Å². The lowest BCUT2D eigenvalue weighted by molar-refractivity contribution is 0.400. The van der Waals surface area contributed by atoms with Crippen LogP contribution in [0.25, 0.3) is 0 Å². The normalized spacial score (nSPS) is 12.4. The maximum Gasteiger partial charge on any atom is 0.142 e. The highest BCUT2D eigenvalue weighted by atomic mass is 79.9. The average molecular weight is 326 g/mol. The number of hydrazine groups is 1. The van der Waals surface area contributed by atoms with Gasteiger partial charge in [0.15, 0.2) is 0 Å². The van der Waals surface area contributed by atoms with Crippen LogP contribution in [0.2, 0.25) is 0 Å². The molecule has 2 heterocycles. The molecule has 1 unspecified atom stereocenters. The number of hydrogen-bond donors (Lipinski definition) is 2. The van der Waals surface area contributed by atoms with Gasteiger partial charge in [-0.2, -0.15) is 5.10 Å². The summed E-state index contributed by atoms with van der Waals surface area (Å²) in [7, 11) is 1.61. The van der Waals surface area contributed by atoms with E-state index in [-0.39, 0.29) is 6.04 Å². The molecule has 6 nitrogen and oxygen atoms in total. The van der Waals surface area contributed by atoms with Gasteiger partial charge in [-0.05, 0) is 28.9 Å². The smallest absolute Gasteiger partial charge is 0.142 e. The van der Waals surface area contributed by atoms with Gasteiger partial charge in [0.1, 0.15) is 5.75 Å². The molecule has 0 bridgehead atoms. The number of aromatic nitrogens is 3. The van der Waals surface area contributed by atoms with Crippen molar-refractivity contribution in [3.63, 3.8) is 0 Å². The summed E-state index contributed by atoms with van der Waals surface area (Å²) in [5, 5.41) is 4.30. The van der Waals surface area contributed by atoms with Crippen molar-refractivity contribution in [1.29, 1.82) is 0 Å². The highest BCUT2D eigenvalue weighted by Gasteiger charge is 2.23. The predicted molar refractivity (Wildman–Crippen MR) is 75.6 cm³/mol. The third-order valence-corrected chi connectivity index (χ3v) is 3.53. The fraction of sp³-hybridized carbons (Fsp3) is 0.333. The van der Waals surface area contributed by atoms with Gasteiger partial charge in [0.2, 0.25) is 0 Å². The van der Waals surface area contributed by atoms with Crippen molar-refractivity contribution < 1.29 is 4.74 Å². The van der Waals surface area contributed by atoms with Gasteiger partial charge in [-0.15, -0.1) is 0 Å². The Bertz CT molecular complexity index is 557. The molecule has 0 aliphatic heterocycles. The summed E-state index contributed by atoms with van der Waals surface area (Å²) in [5.41, 5.74) is 4.68. The van der Waals surface area contributed by atoms with E-state index in [1.165, 1.54) is 0 Å². The second kappa shape index (κ2) is 6.14. The number of halogens is 1. The Balaban J connectivity index is 2.53. The van der Waals surface area contributed by atoms with E-state index in [1.807, 2.05) is 17.7 Å². The van der Waals surface area contributed by atoms with Crippen molar-refractivity contribution in [2.75, 3.05) is 7.11 Å². The van der Waals surface area contributed by atoms with E-state index in [0.29, 0.717) is 5.75 Å². The number of rotatable bonds is 5. The summed E-state index contributed by atoms with van der Waals surface area (Å²) in [6.45, 7) is 2.78. The Morgan fingerprint density at radius 3 is 2.95 bits per heavy atom. The van der Waals surface area contributed by atoms with Gasteiger partial charge in [0, 0.05) is 18.3 Å². The molecule has 0 radical (unpaired) electrons. The summed E-state index contributed by atoms with van der Waals surface area (Å²) in [5.74, 6) is 6.41. The zero-order valence-electron chi connectivity index (χ0n) is 10.8. The van der Waals surface area contributed by atoms with E-state index in [2.05, 4.69) is 31.4 Å². The third-order valence-electron chi connectivity index (χ3n) is 2.92. The van der Waals surface area contributed by atoms with Crippen LogP contribution in [0.3, 0.4) is 0 Å². The van der Waals surface area contributed by atoms with Gasteiger partial charge in [0.05, 0.1) is 35.7 Å². The lowest BCUT2D eigenvalue weighted by Gasteiger charge is -2.20. The largest absolute Gasteiger partial charge is 0.495 e.